The van der Waals surface area contributed by atoms with Crippen LogP contribution in [-0.4, -0.2) is 39.4 Å². The molecule has 10 heteroatoms. The fourth-order valence-electron chi connectivity index (χ4n) is 2.71. The lowest BCUT2D eigenvalue weighted by Crippen LogP contribution is -2.41. The molecule has 1 aromatic heterocycles. The standard InChI is InChI=1S/C18H20BN3O6/c1-17(2)18(3,4)28-19(27-17)12-5-10-15(20-11-12)21(16(23)24)13-6-8-14(9-7-13)22(25)26/h5-11H,1-4H3,(H,23,24). The Kier molecular flexibility index (Phi) is 4.86. The maximum absolute atomic E-state index is 11.7. The van der Waals surface area contributed by atoms with Crippen molar-refractivity contribution in [2.75, 3.05) is 4.90 Å². The predicted molar refractivity (Wildman–Crippen MR) is 103 cm³/mol. The van der Waals surface area contributed by atoms with Gasteiger partial charge in [0.25, 0.3) is 5.69 Å². The summed E-state index contributed by atoms with van der Waals surface area (Å²) < 4.78 is 11.9. The Bertz CT molecular complexity index is 883. The topological polar surface area (TPSA) is 115 Å². The van der Waals surface area contributed by atoms with E-state index in [1.54, 1.807) is 6.07 Å². The minimum Gasteiger partial charge on any atom is -0.464 e. The summed E-state index contributed by atoms with van der Waals surface area (Å²) in [6.07, 6.45) is 0.239. The van der Waals surface area contributed by atoms with Crippen LogP contribution in [0.4, 0.5) is 22.0 Å². The number of anilines is 2. The van der Waals surface area contributed by atoms with Crippen molar-refractivity contribution in [1.82, 2.24) is 4.98 Å². The van der Waals surface area contributed by atoms with Crippen LogP contribution in [0.2, 0.25) is 0 Å². The number of rotatable bonds is 4. The van der Waals surface area contributed by atoms with E-state index in [4.69, 9.17) is 9.31 Å². The van der Waals surface area contributed by atoms with Crippen LogP contribution in [0, 0.1) is 10.1 Å². The molecule has 0 saturated carbocycles. The molecule has 1 aliphatic rings. The molecule has 146 valence electrons. The zero-order valence-corrected chi connectivity index (χ0v) is 15.9. The third-order valence-electron chi connectivity index (χ3n) is 5.04. The van der Waals surface area contributed by atoms with Crippen LogP contribution < -0.4 is 10.4 Å². The largest absolute Gasteiger partial charge is 0.496 e. The fraction of sp³-hybridized carbons (Fsp3) is 0.333. The summed E-state index contributed by atoms with van der Waals surface area (Å²) in [4.78, 5) is 27.1. The average molecular weight is 385 g/mol. The predicted octanol–water partition coefficient (Wildman–Crippen LogP) is 3.11. The van der Waals surface area contributed by atoms with Crippen LogP contribution in [0.3, 0.4) is 0 Å². The lowest BCUT2D eigenvalue weighted by Gasteiger charge is -2.32. The van der Waals surface area contributed by atoms with Crippen molar-refractivity contribution in [1.29, 1.82) is 0 Å². The first kappa shape index (κ1) is 19.8. The van der Waals surface area contributed by atoms with Crippen molar-refractivity contribution in [3.63, 3.8) is 0 Å². The monoisotopic (exact) mass is 385 g/mol. The van der Waals surface area contributed by atoms with Crippen LogP contribution in [0.15, 0.2) is 42.6 Å². The Morgan fingerprint density at radius 1 is 1.11 bits per heavy atom. The summed E-state index contributed by atoms with van der Waals surface area (Å²) in [5.74, 6) is 0.154. The van der Waals surface area contributed by atoms with E-state index >= 15 is 0 Å². The molecule has 1 N–H and O–H groups in total. The van der Waals surface area contributed by atoms with Crippen molar-refractivity contribution in [2.24, 2.45) is 0 Å². The Labute approximate surface area is 162 Å². The molecule has 1 saturated heterocycles. The van der Waals surface area contributed by atoms with Crippen LogP contribution in [0.25, 0.3) is 0 Å². The fourth-order valence-corrected chi connectivity index (χ4v) is 2.71. The number of hydrogen-bond acceptors (Lipinski definition) is 6. The average Bonchev–Trinajstić information content (AvgIpc) is 2.83. The van der Waals surface area contributed by atoms with Crippen LogP contribution in [0.1, 0.15) is 27.7 Å². The molecule has 0 spiro atoms. The van der Waals surface area contributed by atoms with Gasteiger partial charge in [-0.2, -0.15) is 0 Å². The number of hydrogen-bond donors (Lipinski definition) is 1. The molecule has 1 amide bonds. The number of benzene rings is 1. The highest BCUT2D eigenvalue weighted by Crippen LogP contribution is 2.36. The molecule has 0 unspecified atom stereocenters. The van der Waals surface area contributed by atoms with E-state index in [2.05, 4.69) is 4.98 Å². The summed E-state index contributed by atoms with van der Waals surface area (Å²) in [7, 11) is -0.607. The van der Waals surface area contributed by atoms with Gasteiger partial charge < -0.3 is 14.4 Å². The normalized spacial score (nSPS) is 17.4. The molecule has 0 radical (unpaired) electrons. The summed E-state index contributed by atoms with van der Waals surface area (Å²) >= 11 is 0. The molecule has 28 heavy (non-hydrogen) atoms. The van der Waals surface area contributed by atoms with Gasteiger partial charge in [0.15, 0.2) is 0 Å². The number of non-ortho nitro benzene ring substituents is 1. The molecule has 1 aliphatic heterocycles. The van der Waals surface area contributed by atoms with Crippen molar-refractivity contribution < 1.29 is 24.1 Å². The summed E-state index contributed by atoms with van der Waals surface area (Å²) in [6, 6.07) is 8.42. The highest BCUT2D eigenvalue weighted by atomic mass is 16.7. The number of carboxylic acid groups (broad SMARTS) is 1. The van der Waals surface area contributed by atoms with E-state index in [1.807, 2.05) is 27.7 Å². The highest BCUT2D eigenvalue weighted by molar-refractivity contribution is 6.62. The Morgan fingerprint density at radius 2 is 1.68 bits per heavy atom. The van der Waals surface area contributed by atoms with Gasteiger partial charge in [0, 0.05) is 23.8 Å². The van der Waals surface area contributed by atoms with Gasteiger partial charge in [-0.05, 0) is 45.9 Å². The number of amides is 1. The second-order valence-electron chi connectivity index (χ2n) is 7.43. The first-order valence-corrected chi connectivity index (χ1v) is 8.61. The number of carbonyl (C=O) groups is 1. The van der Waals surface area contributed by atoms with Gasteiger partial charge in [0.1, 0.15) is 5.82 Å². The van der Waals surface area contributed by atoms with Crippen molar-refractivity contribution in [3.05, 3.63) is 52.7 Å². The van der Waals surface area contributed by atoms with Crippen LogP contribution in [0.5, 0.6) is 0 Å². The molecule has 3 rings (SSSR count). The minimum atomic E-state index is -1.26. The van der Waals surface area contributed by atoms with Crippen molar-refractivity contribution >= 4 is 35.9 Å². The first-order chi connectivity index (χ1) is 13.0. The van der Waals surface area contributed by atoms with Crippen LogP contribution >= 0.6 is 0 Å². The zero-order valence-electron chi connectivity index (χ0n) is 15.9. The Balaban J connectivity index is 1.86. The second kappa shape index (κ2) is 6.88. The third-order valence-corrected chi connectivity index (χ3v) is 5.04. The lowest BCUT2D eigenvalue weighted by molar-refractivity contribution is -0.384. The SMILES string of the molecule is CC1(C)OB(c2ccc(N(C(=O)O)c3ccc([N+](=O)[O-])cc3)nc2)OC1(C)C. The minimum absolute atomic E-state index is 0.127. The molecule has 2 heterocycles. The Hall–Kier alpha value is -2.98. The van der Waals surface area contributed by atoms with E-state index < -0.39 is 29.3 Å². The maximum atomic E-state index is 11.7. The number of pyridine rings is 1. The molecule has 1 aromatic carbocycles. The highest BCUT2D eigenvalue weighted by Gasteiger charge is 2.51. The second-order valence-corrected chi connectivity index (χ2v) is 7.43. The molecule has 0 bridgehead atoms. The van der Waals surface area contributed by atoms with E-state index in [0.29, 0.717) is 5.46 Å². The third kappa shape index (κ3) is 3.56. The zero-order chi connectivity index (χ0) is 20.7. The number of aromatic nitrogens is 1. The van der Waals surface area contributed by atoms with E-state index in [1.165, 1.54) is 36.5 Å². The van der Waals surface area contributed by atoms with E-state index in [-0.39, 0.29) is 17.2 Å². The first-order valence-electron chi connectivity index (χ1n) is 8.61. The number of nitrogens with zero attached hydrogens (tertiary/aromatic N) is 3. The Morgan fingerprint density at radius 3 is 2.11 bits per heavy atom. The molecular weight excluding hydrogens is 365 g/mol. The van der Waals surface area contributed by atoms with E-state index in [0.717, 1.165) is 4.90 Å². The summed E-state index contributed by atoms with van der Waals surface area (Å²) in [5.41, 5.74) is -0.215. The van der Waals surface area contributed by atoms with Crippen molar-refractivity contribution in [2.45, 2.75) is 38.9 Å². The molecule has 9 nitrogen and oxygen atoms in total. The molecule has 0 aliphatic carbocycles. The summed E-state index contributed by atoms with van der Waals surface area (Å²) in [5, 5.41) is 20.4. The van der Waals surface area contributed by atoms with Crippen molar-refractivity contribution in [3.8, 4) is 0 Å². The molecule has 1 fully saturated rings. The van der Waals surface area contributed by atoms with Gasteiger partial charge >= 0.3 is 13.2 Å². The molecular formula is C18H20BN3O6. The van der Waals surface area contributed by atoms with Gasteiger partial charge in [-0.25, -0.2) is 14.7 Å². The quantitative estimate of drug-likeness (QED) is 0.488. The van der Waals surface area contributed by atoms with Gasteiger partial charge in [0.05, 0.1) is 21.8 Å². The number of nitro groups is 1. The molecule has 2 aromatic rings. The maximum Gasteiger partial charge on any atom is 0.496 e. The van der Waals surface area contributed by atoms with Gasteiger partial charge in [0.2, 0.25) is 0 Å². The smallest absolute Gasteiger partial charge is 0.464 e. The number of nitro benzene ring substituents is 1. The van der Waals surface area contributed by atoms with Gasteiger partial charge in [-0.15, -0.1) is 0 Å². The lowest BCUT2D eigenvalue weighted by atomic mass is 9.80. The molecule has 0 atom stereocenters. The van der Waals surface area contributed by atoms with Gasteiger partial charge in [-0.1, -0.05) is 6.07 Å². The summed E-state index contributed by atoms with van der Waals surface area (Å²) in [6.45, 7) is 7.76. The van der Waals surface area contributed by atoms with Gasteiger partial charge in [-0.3, -0.25) is 10.1 Å². The van der Waals surface area contributed by atoms with Crippen LogP contribution in [-0.2, 0) is 9.31 Å². The van der Waals surface area contributed by atoms with E-state index in [9.17, 15) is 20.0 Å².